The Kier molecular flexibility index (Phi) is 6.23. The molecule has 2 aromatic heterocycles. The number of rotatable bonds is 4. The zero-order valence-corrected chi connectivity index (χ0v) is 16.9. The van der Waals surface area contributed by atoms with Gasteiger partial charge >= 0.3 is 0 Å². The monoisotopic (exact) mass is 414 g/mol. The summed E-state index contributed by atoms with van der Waals surface area (Å²) in [5, 5.41) is 5.86. The number of anilines is 1. The lowest BCUT2D eigenvalue weighted by Crippen LogP contribution is -2.27. The molecule has 3 rings (SSSR count). The molecule has 0 spiro atoms. The fourth-order valence-corrected chi connectivity index (χ4v) is 3.01. The third-order valence-electron chi connectivity index (χ3n) is 4.43. The van der Waals surface area contributed by atoms with E-state index in [1.807, 2.05) is 6.92 Å². The Labute approximate surface area is 172 Å². The summed E-state index contributed by atoms with van der Waals surface area (Å²) in [6.07, 6.45) is 3.28. The highest BCUT2D eigenvalue weighted by Gasteiger charge is 2.13. The highest BCUT2D eigenvalue weighted by molar-refractivity contribution is 6.30. The normalized spacial score (nSPS) is 12.5. The van der Waals surface area contributed by atoms with Gasteiger partial charge < -0.3 is 9.88 Å². The lowest BCUT2D eigenvalue weighted by molar-refractivity contribution is 0.604. The van der Waals surface area contributed by atoms with E-state index in [1.54, 1.807) is 49.3 Å². The van der Waals surface area contributed by atoms with E-state index in [0.717, 1.165) is 5.56 Å². The van der Waals surface area contributed by atoms with Crippen molar-refractivity contribution in [2.24, 2.45) is 4.99 Å². The number of pyridine rings is 1. The molecule has 2 N–H and O–H groups in total. The van der Waals surface area contributed by atoms with Crippen molar-refractivity contribution in [1.82, 2.24) is 19.9 Å². The predicted molar refractivity (Wildman–Crippen MR) is 113 cm³/mol. The van der Waals surface area contributed by atoms with Gasteiger partial charge in [-0.1, -0.05) is 17.7 Å². The van der Waals surface area contributed by atoms with Gasteiger partial charge in [-0.3, -0.25) is 15.1 Å². The molecular weight excluding hydrogens is 395 g/mol. The van der Waals surface area contributed by atoms with Crippen LogP contribution < -0.4 is 16.2 Å². The molecule has 0 aliphatic carbocycles. The Hall–Kier alpha value is -3.26. The van der Waals surface area contributed by atoms with Gasteiger partial charge in [0, 0.05) is 38.1 Å². The van der Waals surface area contributed by atoms with Gasteiger partial charge in [-0.15, -0.1) is 0 Å². The van der Waals surface area contributed by atoms with E-state index in [2.05, 4.69) is 25.6 Å². The molecule has 2 heterocycles. The number of aliphatic imine (C=N–C) groups is 1. The van der Waals surface area contributed by atoms with Crippen molar-refractivity contribution in [3.8, 4) is 11.3 Å². The molecule has 0 aliphatic rings. The molecule has 0 aliphatic heterocycles. The smallest absolute Gasteiger partial charge is 0.251 e. The number of benzene rings is 1. The number of hydrogen-bond donors (Lipinski definition) is 2. The van der Waals surface area contributed by atoms with Gasteiger partial charge in [0.05, 0.1) is 16.8 Å². The molecule has 150 valence electrons. The van der Waals surface area contributed by atoms with Gasteiger partial charge in [0.1, 0.15) is 5.82 Å². The van der Waals surface area contributed by atoms with Crippen molar-refractivity contribution in [3.05, 3.63) is 75.5 Å². The van der Waals surface area contributed by atoms with Crippen molar-refractivity contribution in [2.45, 2.75) is 13.0 Å². The van der Waals surface area contributed by atoms with Gasteiger partial charge in [-0.2, -0.15) is 0 Å². The van der Waals surface area contributed by atoms with Crippen molar-refractivity contribution >= 4 is 23.5 Å². The average molecular weight is 415 g/mol. The van der Waals surface area contributed by atoms with Crippen LogP contribution in [0, 0.1) is 5.82 Å². The molecule has 3 aromatic rings. The number of aromatic nitrogens is 3. The third-order valence-corrected chi connectivity index (χ3v) is 4.72. The molecule has 29 heavy (non-hydrogen) atoms. The SMILES string of the molecule is CN=C(NC)Nc1nccc(-c2ccn(C(C)c3ccc(F)c(Cl)c3)c(=O)c2)n1. The summed E-state index contributed by atoms with van der Waals surface area (Å²) in [6.45, 7) is 1.85. The molecular formula is C20H20ClFN6O. The minimum Gasteiger partial charge on any atom is -0.359 e. The fraction of sp³-hybridized carbons (Fsp3) is 0.200. The van der Waals surface area contributed by atoms with Crippen LogP contribution in [0.5, 0.6) is 0 Å². The molecule has 0 radical (unpaired) electrons. The minimum atomic E-state index is -0.493. The lowest BCUT2D eigenvalue weighted by Gasteiger charge is -2.16. The number of hydrogen-bond acceptors (Lipinski definition) is 4. The Morgan fingerprint density at radius 3 is 2.72 bits per heavy atom. The van der Waals surface area contributed by atoms with Crippen molar-refractivity contribution < 1.29 is 4.39 Å². The van der Waals surface area contributed by atoms with Crippen molar-refractivity contribution in [3.63, 3.8) is 0 Å². The summed E-state index contributed by atoms with van der Waals surface area (Å²) in [5.74, 6) is 0.383. The Morgan fingerprint density at radius 2 is 2.07 bits per heavy atom. The molecule has 0 fully saturated rings. The molecule has 9 heteroatoms. The quantitative estimate of drug-likeness (QED) is 0.505. The average Bonchev–Trinajstić information content (AvgIpc) is 2.73. The maximum atomic E-state index is 13.4. The largest absolute Gasteiger partial charge is 0.359 e. The molecule has 0 amide bonds. The summed E-state index contributed by atoms with van der Waals surface area (Å²) in [6, 6.07) is 9.14. The Morgan fingerprint density at radius 1 is 1.28 bits per heavy atom. The first kappa shape index (κ1) is 20.5. The van der Waals surface area contributed by atoms with Gasteiger partial charge in [0.15, 0.2) is 5.96 Å². The number of nitrogens with one attached hydrogen (secondary N) is 2. The van der Waals surface area contributed by atoms with E-state index >= 15 is 0 Å². The topological polar surface area (TPSA) is 84.2 Å². The van der Waals surface area contributed by atoms with Crippen LogP contribution >= 0.6 is 11.6 Å². The highest BCUT2D eigenvalue weighted by Crippen LogP contribution is 2.23. The number of nitrogens with zero attached hydrogens (tertiary/aromatic N) is 4. The van der Waals surface area contributed by atoms with E-state index in [-0.39, 0.29) is 16.6 Å². The predicted octanol–water partition coefficient (Wildman–Crippen LogP) is 3.32. The maximum Gasteiger partial charge on any atom is 0.251 e. The molecule has 1 aromatic carbocycles. The Bertz CT molecular complexity index is 1110. The number of halogens is 2. The lowest BCUT2D eigenvalue weighted by atomic mass is 10.1. The maximum absolute atomic E-state index is 13.4. The number of guanidine groups is 1. The van der Waals surface area contributed by atoms with Crippen molar-refractivity contribution in [2.75, 3.05) is 19.4 Å². The third kappa shape index (κ3) is 4.60. The van der Waals surface area contributed by atoms with Crippen LogP contribution in [0.15, 0.2) is 58.6 Å². The van der Waals surface area contributed by atoms with E-state index in [1.165, 1.54) is 18.2 Å². The summed E-state index contributed by atoms with van der Waals surface area (Å²) in [5.41, 5.74) is 1.77. The van der Waals surface area contributed by atoms with Gasteiger partial charge in [0.25, 0.3) is 5.56 Å². The highest BCUT2D eigenvalue weighted by atomic mass is 35.5. The van der Waals surface area contributed by atoms with Gasteiger partial charge in [-0.25, -0.2) is 14.4 Å². The fourth-order valence-electron chi connectivity index (χ4n) is 2.82. The second-order valence-corrected chi connectivity index (χ2v) is 6.63. The minimum absolute atomic E-state index is 0.0246. The van der Waals surface area contributed by atoms with E-state index in [9.17, 15) is 9.18 Å². The van der Waals surface area contributed by atoms with E-state index in [0.29, 0.717) is 23.2 Å². The van der Waals surface area contributed by atoms with E-state index < -0.39 is 5.82 Å². The summed E-state index contributed by atoms with van der Waals surface area (Å²) < 4.78 is 15.0. The zero-order valence-electron chi connectivity index (χ0n) is 16.1. The van der Waals surface area contributed by atoms with Gasteiger partial charge in [-0.05, 0) is 36.8 Å². The standard InChI is InChI=1S/C20H20ClFN6O/c1-12(13-4-5-16(22)15(21)10-13)28-9-7-14(11-18(28)29)17-6-8-25-20(26-17)27-19(23-2)24-3/h4-12H,1-3H3,(H2,23,24,25,26,27). The van der Waals surface area contributed by atoms with Crippen LogP contribution in [0.1, 0.15) is 18.5 Å². The summed E-state index contributed by atoms with van der Waals surface area (Å²) >= 11 is 5.87. The molecule has 0 saturated heterocycles. The van der Waals surface area contributed by atoms with Crippen LogP contribution in [0.3, 0.4) is 0 Å². The molecule has 7 nitrogen and oxygen atoms in total. The second kappa shape index (κ2) is 8.83. The first-order chi connectivity index (χ1) is 13.9. The molecule has 0 bridgehead atoms. The summed E-state index contributed by atoms with van der Waals surface area (Å²) in [7, 11) is 3.37. The Balaban J connectivity index is 1.90. The second-order valence-electron chi connectivity index (χ2n) is 6.22. The van der Waals surface area contributed by atoms with Crippen LogP contribution in [0.25, 0.3) is 11.3 Å². The molecule has 0 saturated carbocycles. The van der Waals surface area contributed by atoms with Crippen LogP contribution in [0.4, 0.5) is 10.3 Å². The van der Waals surface area contributed by atoms with Crippen LogP contribution in [-0.4, -0.2) is 34.6 Å². The zero-order chi connectivity index (χ0) is 21.0. The van der Waals surface area contributed by atoms with E-state index in [4.69, 9.17) is 11.6 Å². The first-order valence-corrected chi connectivity index (χ1v) is 9.23. The first-order valence-electron chi connectivity index (χ1n) is 8.85. The van der Waals surface area contributed by atoms with Crippen molar-refractivity contribution in [1.29, 1.82) is 0 Å². The molecule has 1 unspecified atom stereocenters. The van der Waals surface area contributed by atoms with Gasteiger partial charge in [0.2, 0.25) is 5.95 Å². The summed E-state index contributed by atoms with van der Waals surface area (Å²) in [4.78, 5) is 25.3. The van der Waals surface area contributed by atoms with Crippen LogP contribution in [0.2, 0.25) is 5.02 Å². The molecule has 1 atom stereocenters. The van der Waals surface area contributed by atoms with Crippen LogP contribution in [-0.2, 0) is 0 Å².